The van der Waals surface area contributed by atoms with Gasteiger partial charge in [0.25, 0.3) is 0 Å². The third-order valence-electron chi connectivity index (χ3n) is 2.76. The lowest BCUT2D eigenvalue weighted by molar-refractivity contribution is 0.134. The first kappa shape index (κ1) is 13.1. The van der Waals surface area contributed by atoms with Crippen LogP contribution in [-0.2, 0) is 17.9 Å². The summed E-state index contributed by atoms with van der Waals surface area (Å²) >= 11 is 1.69. The van der Waals surface area contributed by atoms with Crippen LogP contribution in [-0.4, -0.2) is 11.6 Å². The predicted molar refractivity (Wildman–Crippen MR) is 75.9 cm³/mol. The van der Waals surface area contributed by atoms with Crippen LogP contribution in [0.4, 0.5) is 5.69 Å². The highest BCUT2D eigenvalue weighted by atomic mass is 32.1. The van der Waals surface area contributed by atoms with Gasteiger partial charge in [-0.15, -0.1) is 11.3 Å². The van der Waals surface area contributed by atoms with Gasteiger partial charge in [-0.1, -0.05) is 18.2 Å². The second-order valence-electron chi connectivity index (χ2n) is 4.01. The quantitative estimate of drug-likeness (QED) is 0.863. The Balaban J connectivity index is 2.02. The van der Waals surface area contributed by atoms with E-state index in [2.05, 4.69) is 22.4 Å². The van der Waals surface area contributed by atoms with Crippen LogP contribution in [0, 0.1) is 6.92 Å². The van der Waals surface area contributed by atoms with Gasteiger partial charge in [0.2, 0.25) is 0 Å². The molecule has 96 valence electrons. The molecule has 0 saturated heterocycles. The highest BCUT2D eigenvalue weighted by molar-refractivity contribution is 7.09. The van der Waals surface area contributed by atoms with Crippen LogP contribution < -0.4 is 5.32 Å². The number of hydrogen-bond donors (Lipinski definition) is 1. The SMILES string of the molecule is CCOCc1ccccc1NCc1scnc1C. The molecule has 1 aromatic heterocycles. The summed E-state index contributed by atoms with van der Waals surface area (Å²) in [7, 11) is 0. The first-order chi connectivity index (χ1) is 8.81. The molecule has 0 spiro atoms. The van der Waals surface area contributed by atoms with E-state index in [1.165, 1.54) is 10.4 Å². The van der Waals surface area contributed by atoms with Crippen LogP contribution in [0.2, 0.25) is 0 Å². The predicted octanol–water partition coefficient (Wildman–Crippen LogP) is 3.60. The van der Waals surface area contributed by atoms with Gasteiger partial charge in [-0.25, -0.2) is 4.98 Å². The molecular weight excluding hydrogens is 244 g/mol. The van der Waals surface area contributed by atoms with E-state index in [4.69, 9.17) is 4.74 Å². The standard InChI is InChI=1S/C14H18N2OS/c1-3-17-9-12-6-4-5-7-13(12)15-8-14-11(2)16-10-18-14/h4-7,10,15H,3,8-9H2,1-2H3. The monoisotopic (exact) mass is 262 g/mol. The van der Waals surface area contributed by atoms with Crippen molar-refractivity contribution in [2.75, 3.05) is 11.9 Å². The molecule has 1 N–H and O–H groups in total. The summed E-state index contributed by atoms with van der Waals surface area (Å²) in [5.74, 6) is 0. The molecule has 0 saturated carbocycles. The molecule has 0 atom stereocenters. The molecule has 0 unspecified atom stereocenters. The van der Waals surface area contributed by atoms with Crippen LogP contribution in [0.15, 0.2) is 29.8 Å². The number of nitrogens with zero attached hydrogens (tertiary/aromatic N) is 1. The van der Waals surface area contributed by atoms with Crippen molar-refractivity contribution >= 4 is 17.0 Å². The van der Waals surface area contributed by atoms with E-state index < -0.39 is 0 Å². The molecule has 0 fully saturated rings. The fraction of sp³-hybridized carbons (Fsp3) is 0.357. The zero-order valence-electron chi connectivity index (χ0n) is 10.8. The van der Waals surface area contributed by atoms with E-state index in [-0.39, 0.29) is 0 Å². The van der Waals surface area contributed by atoms with Crippen molar-refractivity contribution in [3.05, 3.63) is 45.9 Å². The second kappa shape index (κ2) is 6.52. The summed E-state index contributed by atoms with van der Waals surface area (Å²) in [5, 5.41) is 3.46. The van der Waals surface area contributed by atoms with Crippen molar-refractivity contribution in [3.63, 3.8) is 0 Å². The van der Waals surface area contributed by atoms with Gasteiger partial charge >= 0.3 is 0 Å². The average molecular weight is 262 g/mol. The molecule has 18 heavy (non-hydrogen) atoms. The molecule has 2 aromatic rings. The summed E-state index contributed by atoms with van der Waals surface area (Å²) in [6.07, 6.45) is 0. The molecule has 0 amide bonds. The smallest absolute Gasteiger partial charge is 0.0798 e. The molecule has 1 aromatic carbocycles. The van der Waals surface area contributed by atoms with Gasteiger partial charge in [-0.2, -0.15) is 0 Å². The van der Waals surface area contributed by atoms with Crippen molar-refractivity contribution in [2.24, 2.45) is 0 Å². The van der Waals surface area contributed by atoms with Gasteiger partial charge in [-0.05, 0) is 19.9 Å². The molecule has 0 aliphatic rings. The van der Waals surface area contributed by atoms with Gasteiger partial charge in [0, 0.05) is 22.7 Å². The minimum Gasteiger partial charge on any atom is -0.380 e. The Labute approximate surface area is 112 Å². The van der Waals surface area contributed by atoms with Crippen molar-refractivity contribution in [2.45, 2.75) is 27.0 Å². The Bertz CT molecular complexity index is 496. The Hall–Kier alpha value is -1.39. The fourth-order valence-electron chi connectivity index (χ4n) is 1.70. The van der Waals surface area contributed by atoms with Crippen molar-refractivity contribution in [1.82, 2.24) is 4.98 Å². The molecule has 0 aliphatic heterocycles. The summed E-state index contributed by atoms with van der Waals surface area (Å²) < 4.78 is 5.47. The topological polar surface area (TPSA) is 34.1 Å². The number of rotatable bonds is 6. The molecule has 1 heterocycles. The second-order valence-corrected chi connectivity index (χ2v) is 4.95. The Morgan fingerprint density at radius 3 is 2.89 bits per heavy atom. The number of para-hydroxylation sites is 1. The first-order valence-corrected chi connectivity index (χ1v) is 6.97. The normalized spacial score (nSPS) is 10.6. The summed E-state index contributed by atoms with van der Waals surface area (Å²) in [5.41, 5.74) is 5.33. The molecule has 3 nitrogen and oxygen atoms in total. The van der Waals surface area contributed by atoms with Crippen LogP contribution in [0.1, 0.15) is 23.1 Å². The van der Waals surface area contributed by atoms with Gasteiger partial charge in [0.15, 0.2) is 0 Å². The van der Waals surface area contributed by atoms with Gasteiger partial charge in [-0.3, -0.25) is 0 Å². The Morgan fingerprint density at radius 1 is 1.33 bits per heavy atom. The third-order valence-corrected chi connectivity index (χ3v) is 3.70. The van der Waals surface area contributed by atoms with Crippen LogP contribution in [0.25, 0.3) is 0 Å². The Morgan fingerprint density at radius 2 is 2.17 bits per heavy atom. The zero-order chi connectivity index (χ0) is 12.8. The highest BCUT2D eigenvalue weighted by Crippen LogP contribution is 2.19. The summed E-state index contributed by atoms with van der Waals surface area (Å²) in [6, 6.07) is 8.26. The van der Waals surface area contributed by atoms with Crippen LogP contribution in [0.3, 0.4) is 0 Å². The van der Waals surface area contributed by atoms with Crippen molar-refractivity contribution in [1.29, 1.82) is 0 Å². The Kier molecular flexibility index (Phi) is 4.73. The van der Waals surface area contributed by atoms with Gasteiger partial charge in [0.05, 0.1) is 24.4 Å². The number of anilines is 1. The maximum atomic E-state index is 5.47. The number of aromatic nitrogens is 1. The van der Waals surface area contributed by atoms with E-state index >= 15 is 0 Å². The fourth-order valence-corrected chi connectivity index (χ4v) is 2.42. The van der Waals surface area contributed by atoms with Gasteiger partial charge in [0.1, 0.15) is 0 Å². The summed E-state index contributed by atoms with van der Waals surface area (Å²) in [6.45, 7) is 6.26. The minimum absolute atomic E-state index is 0.654. The molecule has 4 heteroatoms. The molecular formula is C14H18N2OS. The van der Waals surface area contributed by atoms with E-state index in [1.807, 2.05) is 31.5 Å². The molecule has 0 aliphatic carbocycles. The minimum atomic E-state index is 0.654. The molecule has 0 bridgehead atoms. The lowest BCUT2D eigenvalue weighted by atomic mass is 10.2. The van der Waals surface area contributed by atoms with E-state index in [0.717, 1.165) is 24.5 Å². The summed E-state index contributed by atoms with van der Waals surface area (Å²) in [4.78, 5) is 5.53. The number of aryl methyl sites for hydroxylation is 1. The van der Waals surface area contributed by atoms with E-state index in [9.17, 15) is 0 Å². The number of ether oxygens (including phenoxy) is 1. The largest absolute Gasteiger partial charge is 0.380 e. The molecule has 0 radical (unpaired) electrons. The maximum Gasteiger partial charge on any atom is 0.0798 e. The van der Waals surface area contributed by atoms with E-state index in [1.54, 1.807) is 11.3 Å². The zero-order valence-corrected chi connectivity index (χ0v) is 11.6. The lowest BCUT2D eigenvalue weighted by Gasteiger charge is -2.11. The third kappa shape index (κ3) is 3.31. The van der Waals surface area contributed by atoms with Crippen LogP contribution in [0.5, 0.6) is 0 Å². The number of nitrogens with one attached hydrogen (secondary N) is 1. The first-order valence-electron chi connectivity index (χ1n) is 6.09. The van der Waals surface area contributed by atoms with Crippen LogP contribution >= 0.6 is 11.3 Å². The maximum absolute atomic E-state index is 5.47. The van der Waals surface area contributed by atoms with Crippen molar-refractivity contribution < 1.29 is 4.74 Å². The lowest BCUT2D eigenvalue weighted by Crippen LogP contribution is -2.03. The molecule has 2 rings (SSSR count). The average Bonchev–Trinajstić information content (AvgIpc) is 2.80. The van der Waals surface area contributed by atoms with Gasteiger partial charge < -0.3 is 10.1 Å². The van der Waals surface area contributed by atoms with Crippen molar-refractivity contribution in [3.8, 4) is 0 Å². The number of benzene rings is 1. The number of thiazole rings is 1. The van der Waals surface area contributed by atoms with E-state index in [0.29, 0.717) is 6.61 Å². The number of hydrogen-bond acceptors (Lipinski definition) is 4. The highest BCUT2D eigenvalue weighted by Gasteiger charge is 2.04.